The van der Waals surface area contributed by atoms with Crippen LogP contribution in [0.15, 0.2) is 104 Å². The summed E-state index contributed by atoms with van der Waals surface area (Å²) < 4.78 is 12.9. The summed E-state index contributed by atoms with van der Waals surface area (Å²) >= 11 is 12.4. The van der Waals surface area contributed by atoms with E-state index in [4.69, 9.17) is 38.4 Å². The van der Waals surface area contributed by atoms with Crippen LogP contribution >= 0.6 is 23.2 Å². The second-order valence-electron chi connectivity index (χ2n) is 8.55. The molecule has 0 fully saturated rings. The minimum absolute atomic E-state index is 0.367. The lowest BCUT2D eigenvalue weighted by Gasteiger charge is -2.12. The Labute approximate surface area is 256 Å². The molecule has 3 aromatic carbocycles. The van der Waals surface area contributed by atoms with Crippen LogP contribution in [-0.4, -0.2) is 40.1 Å². The van der Waals surface area contributed by atoms with E-state index in [0.717, 1.165) is 16.9 Å². The number of rotatable bonds is 9. The van der Waals surface area contributed by atoms with E-state index in [9.17, 15) is 0 Å². The minimum Gasteiger partial charge on any atom is -0.437 e. The van der Waals surface area contributed by atoms with Gasteiger partial charge in [0.05, 0.1) is 28.1 Å². The molecule has 3 heterocycles. The van der Waals surface area contributed by atoms with Gasteiger partial charge in [-0.05, 0) is 34.7 Å². The van der Waals surface area contributed by atoms with Crippen molar-refractivity contribution in [2.45, 2.75) is 13.1 Å². The summed E-state index contributed by atoms with van der Waals surface area (Å²) in [5.41, 5.74) is 8.00. The van der Waals surface area contributed by atoms with Crippen molar-refractivity contribution in [1.82, 2.24) is 40.1 Å². The van der Waals surface area contributed by atoms with Crippen molar-refractivity contribution < 1.29 is 9.47 Å². The summed E-state index contributed by atoms with van der Waals surface area (Å²) in [5, 5.41) is 15.7. The van der Waals surface area contributed by atoms with Crippen molar-refractivity contribution >= 4 is 29.2 Å². The normalized spacial score (nSPS) is 10.4. The maximum absolute atomic E-state index is 6.28. The molecule has 0 unspecified atom stereocenters. The Morgan fingerprint density at radius 1 is 0.744 bits per heavy atom. The zero-order chi connectivity index (χ0) is 29.9. The summed E-state index contributed by atoms with van der Waals surface area (Å²) in [5.74, 6) is 2.66. The lowest BCUT2D eigenvalue weighted by molar-refractivity contribution is 0.454. The van der Waals surface area contributed by atoms with Gasteiger partial charge in [0.2, 0.25) is 17.7 Å². The molecule has 0 bridgehead atoms. The maximum atomic E-state index is 6.28. The lowest BCUT2D eigenvalue weighted by atomic mass is 10.2. The Morgan fingerprint density at radius 2 is 1.37 bits per heavy atom. The van der Waals surface area contributed by atoms with Crippen LogP contribution in [0.3, 0.4) is 0 Å². The Bertz CT molecular complexity index is 1760. The first-order valence-corrected chi connectivity index (χ1v) is 13.6. The van der Waals surface area contributed by atoms with Crippen LogP contribution < -0.4 is 20.5 Å². The van der Waals surface area contributed by atoms with E-state index < -0.39 is 0 Å². The third-order valence-electron chi connectivity index (χ3n) is 5.74. The fraction of sp³-hybridized carbons (Fsp3) is 0.0690. The van der Waals surface area contributed by atoms with Crippen LogP contribution in [0.5, 0.6) is 23.3 Å². The van der Waals surface area contributed by atoms with Gasteiger partial charge in [0.25, 0.3) is 0 Å². The Morgan fingerprint density at radius 3 is 2.00 bits per heavy atom. The van der Waals surface area contributed by atoms with E-state index in [-0.39, 0.29) is 0 Å². The van der Waals surface area contributed by atoms with Gasteiger partial charge in [0.1, 0.15) is 11.5 Å². The van der Waals surface area contributed by atoms with Gasteiger partial charge >= 0.3 is 0 Å². The number of benzene rings is 3. The molecule has 0 atom stereocenters. The molecular weight excluding hydrogens is 591 g/mol. The quantitative estimate of drug-likeness (QED) is 0.200. The van der Waals surface area contributed by atoms with Crippen molar-refractivity contribution in [3.63, 3.8) is 0 Å². The van der Waals surface area contributed by atoms with Gasteiger partial charge in [-0.25, -0.2) is 9.97 Å². The van der Waals surface area contributed by atoms with E-state index >= 15 is 0 Å². The van der Waals surface area contributed by atoms with Gasteiger partial charge in [-0.2, -0.15) is 4.68 Å². The lowest BCUT2D eigenvalue weighted by Crippen LogP contribution is -2.08. The van der Waals surface area contributed by atoms with Crippen molar-refractivity contribution in [3.05, 3.63) is 125 Å². The fourth-order valence-corrected chi connectivity index (χ4v) is 4.09. The first kappa shape index (κ1) is 29.3. The highest BCUT2D eigenvalue weighted by Gasteiger charge is 2.14. The highest BCUT2D eigenvalue weighted by atomic mass is 35.5. The Kier molecular flexibility index (Phi) is 9.98. The summed E-state index contributed by atoms with van der Waals surface area (Å²) in [4.78, 5) is 16.1. The van der Waals surface area contributed by atoms with Crippen molar-refractivity contribution in [1.29, 1.82) is 0 Å². The number of hydrogen-bond acceptors (Lipinski definition) is 11. The third-order valence-corrected chi connectivity index (χ3v) is 6.55. The van der Waals surface area contributed by atoms with Gasteiger partial charge < -0.3 is 20.5 Å². The largest absolute Gasteiger partial charge is 0.437 e. The number of tetrazole rings is 1. The summed E-state index contributed by atoms with van der Waals surface area (Å²) in [6.07, 6.45) is 9.45. The van der Waals surface area contributed by atoms with Crippen LogP contribution in [0, 0.1) is 0 Å². The SMILES string of the molecule is Clc1cccc(-n2nnnc2NCc2ccccc2Oc2cnccn2)c1Cl.NCc1ccccc1Oc1cnccn1. The summed E-state index contributed by atoms with van der Waals surface area (Å²) in [6.45, 7) is 0.853. The predicted molar refractivity (Wildman–Crippen MR) is 161 cm³/mol. The standard InChI is InChI=1S/C18H13Cl2N7O.C11H11N3O/c19-13-5-3-6-14(17(13)20)27-18(24-25-26-27)23-10-12-4-1-2-7-15(12)28-16-11-21-8-9-22-16;12-7-9-3-1-2-4-10(9)15-11-8-13-5-6-14-11/h1-9,11H,10H2,(H,23,24,26);1-6,8H,7,12H2. The van der Waals surface area contributed by atoms with E-state index in [0.29, 0.717) is 52.3 Å². The number of ether oxygens (including phenoxy) is 2. The molecule has 0 aliphatic heterocycles. The number of nitrogens with one attached hydrogen (secondary N) is 1. The average Bonchev–Trinajstić information content (AvgIpc) is 3.52. The smallest absolute Gasteiger partial charge is 0.248 e. The molecule has 6 rings (SSSR count). The second kappa shape index (κ2) is 14.6. The molecule has 0 saturated carbocycles. The minimum atomic E-state index is 0.367. The topological polar surface area (TPSA) is 152 Å². The molecule has 0 aliphatic carbocycles. The zero-order valence-electron chi connectivity index (χ0n) is 22.5. The van der Waals surface area contributed by atoms with Crippen LogP contribution in [0.4, 0.5) is 5.95 Å². The highest BCUT2D eigenvalue weighted by Crippen LogP contribution is 2.30. The predicted octanol–water partition coefficient (Wildman–Crippen LogP) is 5.89. The fourth-order valence-electron chi connectivity index (χ4n) is 3.71. The van der Waals surface area contributed by atoms with E-state index in [1.54, 1.807) is 55.4 Å². The molecule has 0 spiro atoms. The summed E-state index contributed by atoms with van der Waals surface area (Å²) in [7, 11) is 0. The molecule has 3 N–H and O–H groups in total. The van der Waals surface area contributed by atoms with E-state index in [1.807, 2.05) is 48.5 Å². The van der Waals surface area contributed by atoms with Crippen LogP contribution in [0.25, 0.3) is 5.69 Å². The number of hydrogen-bond donors (Lipinski definition) is 2. The van der Waals surface area contributed by atoms with Gasteiger partial charge in [-0.1, -0.05) is 70.8 Å². The molecule has 0 saturated heterocycles. The van der Waals surface area contributed by atoms with Crippen molar-refractivity contribution in [2.75, 3.05) is 5.32 Å². The number of para-hydroxylation sites is 2. The van der Waals surface area contributed by atoms with Crippen molar-refractivity contribution in [3.8, 4) is 28.9 Å². The number of anilines is 1. The molecule has 6 aromatic rings. The van der Waals surface area contributed by atoms with Crippen LogP contribution in [-0.2, 0) is 13.1 Å². The molecular formula is C29H24Cl2N10O2. The Balaban J connectivity index is 0.000000207. The average molecular weight is 615 g/mol. The first-order chi connectivity index (χ1) is 21.1. The van der Waals surface area contributed by atoms with Gasteiger partial charge in [-0.15, -0.1) is 0 Å². The second-order valence-corrected chi connectivity index (χ2v) is 9.34. The number of halogens is 2. The van der Waals surface area contributed by atoms with E-state index in [1.165, 1.54) is 4.68 Å². The first-order valence-electron chi connectivity index (χ1n) is 12.8. The molecule has 14 heteroatoms. The highest BCUT2D eigenvalue weighted by molar-refractivity contribution is 6.43. The number of aromatic nitrogens is 8. The third kappa shape index (κ3) is 7.77. The molecule has 43 heavy (non-hydrogen) atoms. The van der Waals surface area contributed by atoms with Gasteiger partial charge in [0, 0.05) is 49.0 Å². The summed E-state index contributed by atoms with van der Waals surface area (Å²) in [6, 6.07) is 20.4. The molecule has 0 amide bonds. The monoisotopic (exact) mass is 614 g/mol. The molecule has 12 nitrogen and oxygen atoms in total. The van der Waals surface area contributed by atoms with Gasteiger partial charge in [0.15, 0.2) is 0 Å². The Hall–Kier alpha value is -5.17. The number of nitrogens with two attached hydrogens (primary N) is 1. The molecule has 3 aromatic heterocycles. The molecule has 0 aliphatic rings. The zero-order valence-corrected chi connectivity index (χ0v) is 24.0. The maximum Gasteiger partial charge on any atom is 0.248 e. The van der Waals surface area contributed by atoms with E-state index in [2.05, 4.69) is 40.8 Å². The van der Waals surface area contributed by atoms with Crippen LogP contribution in [0.1, 0.15) is 11.1 Å². The molecule has 216 valence electrons. The number of nitrogens with zero attached hydrogens (tertiary/aromatic N) is 8. The van der Waals surface area contributed by atoms with Gasteiger partial charge in [-0.3, -0.25) is 9.97 Å². The van der Waals surface area contributed by atoms with Crippen molar-refractivity contribution in [2.24, 2.45) is 5.73 Å². The molecule has 0 radical (unpaired) electrons. The van der Waals surface area contributed by atoms with Crippen LogP contribution in [0.2, 0.25) is 10.0 Å².